The van der Waals surface area contributed by atoms with E-state index in [9.17, 15) is 4.79 Å². The lowest BCUT2D eigenvalue weighted by molar-refractivity contribution is -0.119. The third-order valence-electron chi connectivity index (χ3n) is 2.68. The summed E-state index contributed by atoms with van der Waals surface area (Å²) in [6.45, 7) is 0.698. The van der Waals surface area contributed by atoms with Crippen LogP contribution in [0.5, 0.6) is 0 Å². The number of hydrogen-bond acceptors (Lipinski definition) is 4. The van der Waals surface area contributed by atoms with Crippen molar-refractivity contribution in [2.45, 2.75) is 6.54 Å². The van der Waals surface area contributed by atoms with Crippen LogP contribution in [0, 0.1) is 0 Å². The molecule has 2 rings (SSSR count). The number of carbonyl (C=O) groups excluding carboxylic acids is 1. The molecule has 2 aromatic rings. The largest absolute Gasteiger partial charge is 0.381 e. The minimum Gasteiger partial charge on any atom is -0.381 e. The van der Waals surface area contributed by atoms with E-state index in [1.54, 1.807) is 6.20 Å². The van der Waals surface area contributed by atoms with Crippen molar-refractivity contribution >= 4 is 33.2 Å². The lowest BCUT2D eigenvalue weighted by atomic mass is 10.2. The number of benzene rings is 1. The molecule has 2 N–H and O–H groups in total. The first-order valence-corrected chi connectivity index (χ1v) is 7.19. The molecule has 0 saturated carbocycles. The van der Waals surface area contributed by atoms with E-state index in [4.69, 9.17) is 4.74 Å². The maximum Gasteiger partial charge on any atom is 0.250 e. The van der Waals surface area contributed by atoms with E-state index in [2.05, 4.69) is 31.5 Å². The van der Waals surface area contributed by atoms with Gasteiger partial charge in [0, 0.05) is 41.9 Å². The third-order valence-corrected chi connectivity index (χ3v) is 3.11. The Bertz CT molecular complexity index is 619. The van der Waals surface area contributed by atoms with E-state index in [1.165, 1.54) is 7.11 Å². The molecule has 0 aliphatic rings. The lowest BCUT2D eigenvalue weighted by Crippen LogP contribution is -2.17. The van der Waals surface area contributed by atoms with Crippen LogP contribution in [0.15, 0.2) is 47.2 Å². The number of aromatic nitrogens is 1. The van der Waals surface area contributed by atoms with Crippen LogP contribution in [0.4, 0.5) is 11.4 Å². The topological polar surface area (TPSA) is 63.2 Å². The number of methoxy groups -OCH3 is 1. The molecule has 1 aromatic carbocycles. The second-order valence-electron chi connectivity index (χ2n) is 4.43. The van der Waals surface area contributed by atoms with Gasteiger partial charge < -0.3 is 15.4 Å². The molecule has 0 bridgehead atoms. The van der Waals surface area contributed by atoms with Gasteiger partial charge in [-0.15, -0.1) is 0 Å². The van der Waals surface area contributed by atoms with Crippen molar-refractivity contribution in [3.8, 4) is 0 Å². The zero-order chi connectivity index (χ0) is 15.1. The highest BCUT2D eigenvalue weighted by atomic mass is 79.9. The number of amides is 1. The highest BCUT2D eigenvalue weighted by Gasteiger charge is 2.02. The number of ether oxygens (including phenoxy) is 1. The first-order valence-electron chi connectivity index (χ1n) is 6.39. The summed E-state index contributed by atoms with van der Waals surface area (Å²) in [5.74, 6) is -0.175. The van der Waals surface area contributed by atoms with Crippen LogP contribution in [0.25, 0.3) is 0 Å². The predicted molar refractivity (Wildman–Crippen MR) is 86.2 cm³/mol. The first-order chi connectivity index (χ1) is 10.2. The molecule has 1 aromatic heterocycles. The molecule has 5 nitrogen and oxygen atoms in total. The van der Waals surface area contributed by atoms with Gasteiger partial charge in [-0.1, -0.05) is 6.07 Å². The summed E-state index contributed by atoms with van der Waals surface area (Å²) in [6.07, 6.45) is 3.55. The fraction of sp³-hybridized carbons (Fsp3) is 0.200. The number of anilines is 2. The predicted octanol–water partition coefficient (Wildman–Crippen LogP) is 3.04. The quantitative estimate of drug-likeness (QED) is 0.841. The van der Waals surface area contributed by atoms with Crippen LogP contribution in [-0.2, 0) is 16.1 Å². The normalized spacial score (nSPS) is 10.2. The van der Waals surface area contributed by atoms with Gasteiger partial charge in [-0.3, -0.25) is 9.78 Å². The molecule has 0 saturated heterocycles. The van der Waals surface area contributed by atoms with Gasteiger partial charge in [0.05, 0.1) is 0 Å². The number of halogens is 1. The molecule has 0 aliphatic carbocycles. The molecule has 1 amide bonds. The molecular formula is C15H16BrN3O2. The summed E-state index contributed by atoms with van der Waals surface area (Å²) in [5, 5.41) is 6.06. The Labute approximate surface area is 131 Å². The van der Waals surface area contributed by atoms with E-state index in [1.807, 2.05) is 36.5 Å². The standard InChI is InChI=1S/C15H16BrN3O2/c1-21-10-15(20)19-14-4-2-3-13(6-14)18-8-11-5-12(16)9-17-7-11/h2-7,9,18H,8,10H2,1H3,(H,19,20). The molecule has 6 heteroatoms. The summed E-state index contributed by atoms with van der Waals surface area (Å²) in [6, 6.07) is 9.53. The van der Waals surface area contributed by atoms with Crippen LogP contribution in [-0.4, -0.2) is 24.6 Å². The van der Waals surface area contributed by atoms with Crippen LogP contribution in [0.2, 0.25) is 0 Å². The Morgan fingerprint density at radius 2 is 2.10 bits per heavy atom. The van der Waals surface area contributed by atoms with Crippen LogP contribution in [0.1, 0.15) is 5.56 Å². The molecular weight excluding hydrogens is 334 g/mol. The maximum absolute atomic E-state index is 11.5. The molecule has 21 heavy (non-hydrogen) atoms. The smallest absolute Gasteiger partial charge is 0.250 e. The molecule has 0 radical (unpaired) electrons. The van der Waals surface area contributed by atoms with E-state index in [0.717, 1.165) is 21.4 Å². The summed E-state index contributed by atoms with van der Waals surface area (Å²) in [7, 11) is 1.49. The Morgan fingerprint density at radius 1 is 1.29 bits per heavy atom. The maximum atomic E-state index is 11.5. The van der Waals surface area contributed by atoms with Crippen molar-refractivity contribution in [3.05, 3.63) is 52.8 Å². The van der Waals surface area contributed by atoms with Crippen LogP contribution < -0.4 is 10.6 Å². The molecule has 110 valence electrons. The SMILES string of the molecule is COCC(=O)Nc1cccc(NCc2cncc(Br)c2)c1. The first kappa shape index (κ1) is 15.5. The Hall–Kier alpha value is -1.92. The second-order valence-corrected chi connectivity index (χ2v) is 5.34. The second kappa shape index (κ2) is 7.75. The van der Waals surface area contributed by atoms with Crippen molar-refractivity contribution in [2.75, 3.05) is 24.4 Å². The number of nitrogens with one attached hydrogen (secondary N) is 2. The summed E-state index contributed by atoms with van der Waals surface area (Å²) < 4.78 is 5.73. The molecule has 0 unspecified atom stereocenters. The zero-order valence-electron chi connectivity index (χ0n) is 11.6. The average molecular weight is 350 g/mol. The number of hydrogen-bond donors (Lipinski definition) is 2. The van der Waals surface area contributed by atoms with E-state index < -0.39 is 0 Å². The molecule has 1 heterocycles. The lowest BCUT2D eigenvalue weighted by Gasteiger charge is -2.09. The molecule has 0 aliphatic heterocycles. The van der Waals surface area contributed by atoms with Crippen molar-refractivity contribution in [1.29, 1.82) is 0 Å². The molecule has 0 spiro atoms. The number of rotatable bonds is 6. The monoisotopic (exact) mass is 349 g/mol. The summed E-state index contributed by atoms with van der Waals surface area (Å²) in [5.41, 5.74) is 2.72. The van der Waals surface area contributed by atoms with Gasteiger partial charge in [0.25, 0.3) is 0 Å². The number of pyridine rings is 1. The Balaban J connectivity index is 1.96. The minimum absolute atomic E-state index is 0.0430. The number of nitrogens with zero attached hydrogens (tertiary/aromatic N) is 1. The zero-order valence-corrected chi connectivity index (χ0v) is 13.2. The fourth-order valence-corrected chi connectivity index (χ4v) is 2.20. The highest BCUT2D eigenvalue weighted by molar-refractivity contribution is 9.10. The van der Waals surface area contributed by atoms with Gasteiger partial charge in [0.2, 0.25) is 5.91 Å². The van der Waals surface area contributed by atoms with Crippen molar-refractivity contribution in [2.24, 2.45) is 0 Å². The minimum atomic E-state index is -0.175. The van der Waals surface area contributed by atoms with Gasteiger partial charge in [-0.05, 0) is 45.8 Å². The third kappa shape index (κ3) is 5.17. The summed E-state index contributed by atoms with van der Waals surface area (Å²) >= 11 is 3.39. The van der Waals surface area contributed by atoms with Crippen molar-refractivity contribution in [3.63, 3.8) is 0 Å². The van der Waals surface area contributed by atoms with Crippen LogP contribution in [0.3, 0.4) is 0 Å². The van der Waals surface area contributed by atoms with Crippen LogP contribution >= 0.6 is 15.9 Å². The van der Waals surface area contributed by atoms with Gasteiger partial charge in [-0.2, -0.15) is 0 Å². The van der Waals surface area contributed by atoms with Crippen molar-refractivity contribution in [1.82, 2.24) is 4.98 Å². The van der Waals surface area contributed by atoms with Gasteiger partial charge >= 0.3 is 0 Å². The van der Waals surface area contributed by atoms with E-state index >= 15 is 0 Å². The number of carbonyl (C=O) groups is 1. The Morgan fingerprint density at radius 3 is 2.86 bits per heavy atom. The van der Waals surface area contributed by atoms with E-state index in [-0.39, 0.29) is 12.5 Å². The van der Waals surface area contributed by atoms with Gasteiger partial charge in [-0.25, -0.2) is 0 Å². The van der Waals surface area contributed by atoms with Gasteiger partial charge in [0.15, 0.2) is 0 Å². The summed E-state index contributed by atoms with van der Waals surface area (Å²) in [4.78, 5) is 15.6. The molecule has 0 fully saturated rings. The fourth-order valence-electron chi connectivity index (χ4n) is 1.79. The van der Waals surface area contributed by atoms with E-state index in [0.29, 0.717) is 6.54 Å². The average Bonchev–Trinajstić information content (AvgIpc) is 2.46. The highest BCUT2D eigenvalue weighted by Crippen LogP contribution is 2.17. The van der Waals surface area contributed by atoms with Gasteiger partial charge in [0.1, 0.15) is 6.61 Å². The molecule has 0 atom stereocenters. The Kier molecular flexibility index (Phi) is 5.71. The van der Waals surface area contributed by atoms with Crippen molar-refractivity contribution < 1.29 is 9.53 Å².